The van der Waals surface area contributed by atoms with Crippen LogP contribution in [0.15, 0.2) is 0 Å². The van der Waals surface area contributed by atoms with Gasteiger partial charge in [0.25, 0.3) is 0 Å². The summed E-state index contributed by atoms with van der Waals surface area (Å²) >= 11 is 0. The van der Waals surface area contributed by atoms with E-state index >= 15 is 0 Å². The van der Waals surface area contributed by atoms with Gasteiger partial charge in [-0.25, -0.2) is 0 Å². The fourth-order valence-corrected chi connectivity index (χ4v) is 2.95. The summed E-state index contributed by atoms with van der Waals surface area (Å²) in [5.74, 6) is 0.139. The average molecular weight is 225 g/mol. The van der Waals surface area contributed by atoms with Crippen LogP contribution in [0.3, 0.4) is 0 Å². The van der Waals surface area contributed by atoms with Crippen molar-refractivity contribution < 1.29 is 9.90 Å². The Morgan fingerprint density at radius 1 is 1.31 bits per heavy atom. The van der Waals surface area contributed by atoms with E-state index in [1.807, 2.05) is 0 Å². The highest BCUT2D eigenvalue weighted by atomic mass is 16.4. The smallest absolute Gasteiger partial charge is 0.310 e. The molecule has 3 heteroatoms. The maximum atomic E-state index is 11.5. The van der Waals surface area contributed by atoms with E-state index in [9.17, 15) is 9.90 Å². The molecule has 1 aliphatic heterocycles. The number of hydrogen-bond acceptors (Lipinski definition) is 2. The Hall–Kier alpha value is -0.570. The van der Waals surface area contributed by atoms with Gasteiger partial charge in [0, 0.05) is 12.6 Å². The maximum absolute atomic E-state index is 11.5. The zero-order valence-electron chi connectivity index (χ0n) is 10.4. The Labute approximate surface area is 97.8 Å². The van der Waals surface area contributed by atoms with Crippen molar-refractivity contribution >= 4 is 5.97 Å². The second-order valence-electron chi connectivity index (χ2n) is 5.88. The molecule has 92 valence electrons. The molecule has 0 spiro atoms. The molecule has 1 saturated heterocycles. The minimum atomic E-state index is -0.571. The van der Waals surface area contributed by atoms with E-state index in [1.165, 1.54) is 6.42 Å². The van der Waals surface area contributed by atoms with Gasteiger partial charge in [-0.05, 0) is 51.5 Å². The van der Waals surface area contributed by atoms with E-state index < -0.39 is 11.4 Å². The number of rotatable bonds is 3. The summed E-state index contributed by atoms with van der Waals surface area (Å²) < 4.78 is 0. The normalized spacial score (nSPS) is 40.4. The van der Waals surface area contributed by atoms with Crippen molar-refractivity contribution in [2.45, 2.75) is 52.0 Å². The molecule has 0 aromatic carbocycles. The molecule has 0 bridgehead atoms. The fraction of sp³-hybridized carbons (Fsp3) is 0.923. The van der Waals surface area contributed by atoms with Crippen LogP contribution >= 0.6 is 0 Å². The van der Waals surface area contributed by atoms with Gasteiger partial charge in [-0.2, -0.15) is 0 Å². The Bertz CT molecular complexity index is 269. The monoisotopic (exact) mass is 225 g/mol. The lowest BCUT2D eigenvalue weighted by molar-refractivity contribution is -0.154. The maximum Gasteiger partial charge on any atom is 0.310 e. The number of hydrogen-bond donors (Lipinski definition) is 1. The molecule has 2 rings (SSSR count). The molecule has 1 N–H and O–H groups in total. The molecule has 1 unspecified atom stereocenters. The van der Waals surface area contributed by atoms with E-state index in [1.54, 1.807) is 0 Å². The van der Waals surface area contributed by atoms with Gasteiger partial charge in [0.15, 0.2) is 0 Å². The van der Waals surface area contributed by atoms with Gasteiger partial charge in [-0.15, -0.1) is 0 Å². The van der Waals surface area contributed by atoms with Gasteiger partial charge in [-0.3, -0.25) is 9.69 Å². The van der Waals surface area contributed by atoms with Gasteiger partial charge in [0.05, 0.1) is 5.41 Å². The lowest BCUT2D eigenvalue weighted by Gasteiger charge is -2.46. The molecular formula is C13H23NO2. The van der Waals surface area contributed by atoms with E-state index in [0.717, 1.165) is 38.8 Å². The molecule has 1 atom stereocenters. The first-order chi connectivity index (χ1) is 7.53. The first-order valence-electron chi connectivity index (χ1n) is 6.51. The minimum Gasteiger partial charge on any atom is -0.481 e. The zero-order chi connectivity index (χ0) is 11.8. The van der Waals surface area contributed by atoms with Crippen LogP contribution in [-0.4, -0.2) is 35.1 Å². The van der Waals surface area contributed by atoms with Crippen LogP contribution in [0.1, 0.15) is 46.0 Å². The van der Waals surface area contributed by atoms with Crippen LogP contribution in [0.4, 0.5) is 0 Å². The molecule has 1 saturated carbocycles. The molecule has 0 aromatic heterocycles. The molecule has 2 aliphatic rings. The first kappa shape index (κ1) is 11.9. The number of carbonyl (C=O) groups is 1. The molecule has 0 amide bonds. The summed E-state index contributed by atoms with van der Waals surface area (Å²) in [7, 11) is 0. The van der Waals surface area contributed by atoms with Gasteiger partial charge in [-0.1, -0.05) is 6.92 Å². The molecule has 0 radical (unpaired) electrons. The quantitative estimate of drug-likeness (QED) is 0.801. The summed E-state index contributed by atoms with van der Waals surface area (Å²) in [6.07, 6.45) is 5.12. The highest BCUT2D eigenvalue weighted by Gasteiger charge is 2.44. The summed E-state index contributed by atoms with van der Waals surface area (Å²) in [5, 5.41) is 9.50. The van der Waals surface area contributed by atoms with Crippen molar-refractivity contribution in [2.75, 3.05) is 13.1 Å². The second kappa shape index (κ2) is 4.36. The number of likely N-dealkylation sites (tertiary alicyclic amines) is 1. The SMILES string of the molecule is CC1CCC(CN2CCC2C)(C(=O)O)CC1. The van der Waals surface area contributed by atoms with Crippen LogP contribution in [0.25, 0.3) is 0 Å². The Morgan fingerprint density at radius 2 is 1.94 bits per heavy atom. The zero-order valence-corrected chi connectivity index (χ0v) is 10.4. The first-order valence-corrected chi connectivity index (χ1v) is 6.51. The van der Waals surface area contributed by atoms with E-state index in [4.69, 9.17) is 0 Å². The van der Waals surface area contributed by atoms with Gasteiger partial charge >= 0.3 is 5.97 Å². The molecular weight excluding hydrogens is 202 g/mol. The lowest BCUT2D eigenvalue weighted by atomic mass is 9.70. The average Bonchev–Trinajstić information content (AvgIpc) is 2.26. The molecule has 2 fully saturated rings. The summed E-state index contributed by atoms with van der Waals surface area (Å²) in [4.78, 5) is 13.9. The van der Waals surface area contributed by atoms with E-state index in [-0.39, 0.29) is 0 Å². The van der Waals surface area contributed by atoms with Crippen LogP contribution in [-0.2, 0) is 4.79 Å². The third-order valence-electron chi connectivity index (χ3n) is 4.65. The third kappa shape index (κ3) is 2.10. The van der Waals surface area contributed by atoms with Crippen molar-refractivity contribution in [3.8, 4) is 0 Å². The minimum absolute atomic E-state index is 0.443. The van der Waals surface area contributed by atoms with Crippen molar-refractivity contribution in [3.63, 3.8) is 0 Å². The van der Waals surface area contributed by atoms with E-state index in [2.05, 4.69) is 18.7 Å². The highest BCUT2D eigenvalue weighted by molar-refractivity contribution is 5.75. The van der Waals surface area contributed by atoms with Crippen LogP contribution in [0.5, 0.6) is 0 Å². The van der Waals surface area contributed by atoms with Gasteiger partial charge in [0.2, 0.25) is 0 Å². The second-order valence-corrected chi connectivity index (χ2v) is 5.88. The van der Waals surface area contributed by atoms with Crippen LogP contribution in [0, 0.1) is 11.3 Å². The molecule has 1 aliphatic carbocycles. The number of aliphatic carboxylic acids is 1. The van der Waals surface area contributed by atoms with Crippen molar-refractivity contribution in [1.82, 2.24) is 4.90 Å². The largest absolute Gasteiger partial charge is 0.481 e. The standard InChI is InChI=1S/C13H23NO2/c1-10-3-6-13(7-4-10,12(15)16)9-14-8-5-11(14)2/h10-11H,3-9H2,1-2H3,(H,15,16). The molecule has 1 heterocycles. The van der Waals surface area contributed by atoms with E-state index in [0.29, 0.717) is 12.0 Å². The predicted octanol–water partition coefficient (Wildman–Crippen LogP) is 2.36. The van der Waals surface area contributed by atoms with Crippen molar-refractivity contribution in [2.24, 2.45) is 11.3 Å². The fourth-order valence-electron chi connectivity index (χ4n) is 2.95. The molecule has 0 aromatic rings. The number of nitrogens with zero attached hydrogens (tertiary/aromatic N) is 1. The predicted molar refractivity (Wildman–Crippen MR) is 63.4 cm³/mol. The highest BCUT2D eigenvalue weighted by Crippen LogP contribution is 2.41. The van der Waals surface area contributed by atoms with Gasteiger partial charge < -0.3 is 5.11 Å². The molecule has 3 nitrogen and oxygen atoms in total. The van der Waals surface area contributed by atoms with Crippen molar-refractivity contribution in [1.29, 1.82) is 0 Å². The number of carboxylic acids is 1. The van der Waals surface area contributed by atoms with Gasteiger partial charge in [0.1, 0.15) is 0 Å². The summed E-state index contributed by atoms with van der Waals surface area (Å²) in [5.41, 5.74) is -0.443. The van der Waals surface area contributed by atoms with Crippen LogP contribution < -0.4 is 0 Å². The van der Waals surface area contributed by atoms with Crippen LogP contribution in [0.2, 0.25) is 0 Å². The third-order valence-corrected chi connectivity index (χ3v) is 4.65. The Kier molecular flexibility index (Phi) is 3.24. The Balaban J connectivity index is 2.01. The lowest BCUT2D eigenvalue weighted by Crippen LogP contribution is -2.53. The Morgan fingerprint density at radius 3 is 2.31 bits per heavy atom. The van der Waals surface area contributed by atoms with Crippen molar-refractivity contribution in [3.05, 3.63) is 0 Å². The summed E-state index contributed by atoms with van der Waals surface area (Å²) in [6.45, 7) is 6.30. The topological polar surface area (TPSA) is 40.5 Å². The molecule has 16 heavy (non-hydrogen) atoms. The number of carboxylic acid groups (broad SMARTS) is 1. The summed E-state index contributed by atoms with van der Waals surface area (Å²) in [6, 6.07) is 0.593.